The molecule has 0 radical (unpaired) electrons. The number of aromatic nitrogens is 6. The number of nitrogens with zero attached hydrogens (tertiary/aromatic N) is 7. The van der Waals surface area contributed by atoms with Crippen LogP contribution in [0.1, 0.15) is 61.7 Å². The van der Waals surface area contributed by atoms with Crippen molar-refractivity contribution in [1.82, 2.24) is 44.2 Å². The molecule has 27 heteroatoms. The van der Waals surface area contributed by atoms with Gasteiger partial charge in [-0.05, 0) is 127 Å². The molecule has 20 nitrogen and oxygen atoms in total. The van der Waals surface area contributed by atoms with Crippen LogP contribution in [0.15, 0.2) is 172 Å². The number of aromatic amines is 1. The number of imide groups is 3. The number of carbonyl (C=O) groups is 6. The first-order chi connectivity index (χ1) is 44.1. The molecule has 472 valence electrons. The van der Waals surface area contributed by atoms with Gasteiger partial charge in [0.1, 0.15) is 40.5 Å². The third-order valence-electron chi connectivity index (χ3n) is 15.7. The van der Waals surface area contributed by atoms with Crippen molar-refractivity contribution in [2.24, 2.45) is 0 Å². The summed E-state index contributed by atoms with van der Waals surface area (Å²) in [5.74, 6) is -1.29. The molecule has 3 unspecified atom stereocenters. The lowest BCUT2D eigenvalue weighted by atomic mass is 10.0. The van der Waals surface area contributed by atoms with Crippen LogP contribution in [0.4, 0.5) is 13.2 Å². The molecule has 9 heterocycles. The van der Waals surface area contributed by atoms with E-state index in [1.165, 1.54) is 22.8 Å². The second kappa shape index (κ2) is 27.1. The molecular weight excluding hydrogens is 1410 g/mol. The molecule has 3 aliphatic rings. The highest BCUT2D eigenvalue weighted by Crippen LogP contribution is 2.38. The van der Waals surface area contributed by atoms with E-state index in [0.29, 0.717) is 41.9 Å². The normalized spacial score (nSPS) is 17.2. The molecule has 0 aliphatic carbocycles. The van der Waals surface area contributed by atoms with Gasteiger partial charge in [0.2, 0.25) is 23.6 Å². The Balaban J connectivity index is 0.000000130. The van der Waals surface area contributed by atoms with Crippen LogP contribution in [-0.4, -0.2) is 109 Å². The van der Waals surface area contributed by atoms with Gasteiger partial charge in [0.05, 0.1) is 38.3 Å². The molecule has 2 N–H and O–H groups in total. The fourth-order valence-electron chi connectivity index (χ4n) is 11.3. The third kappa shape index (κ3) is 13.5. The van der Waals surface area contributed by atoms with Gasteiger partial charge in [-0.2, -0.15) is 21.6 Å². The first-order valence-electron chi connectivity index (χ1n) is 28.5. The maximum Gasteiger partial charge on any atom is 0.523 e. The van der Waals surface area contributed by atoms with Crippen molar-refractivity contribution in [2.75, 3.05) is 14.2 Å². The molecule has 5 aromatic carbocycles. The summed E-state index contributed by atoms with van der Waals surface area (Å²) < 4.78 is 80.3. The van der Waals surface area contributed by atoms with Gasteiger partial charge < -0.3 is 23.6 Å². The molecule has 0 spiro atoms. The Bertz CT molecular complexity index is 4810. The number of likely N-dealkylation sites (tertiary alicyclic amines) is 2. The molecule has 3 atom stereocenters. The summed E-state index contributed by atoms with van der Waals surface area (Å²) in [5, 5.41) is 8.92. The van der Waals surface area contributed by atoms with Gasteiger partial charge in [-0.1, -0.05) is 90.3 Å². The summed E-state index contributed by atoms with van der Waals surface area (Å²) in [6, 6.07) is 42.9. The maximum absolute atomic E-state index is 13.6. The molecule has 3 aliphatic heterocycles. The summed E-state index contributed by atoms with van der Waals surface area (Å²) in [6.45, 7) is 0.0278. The number of piperidine rings is 3. The Morgan fingerprint density at radius 1 is 0.543 bits per heavy atom. The minimum absolute atomic E-state index is 0.146. The van der Waals surface area contributed by atoms with Crippen LogP contribution >= 0.6 is 47.8 Å². The molecule has 6 amide bonds. The number of hydrogen-bond donors (Lipinski definition) is 2. The van der Waals surface area contributed by atoms with Crippen molar-refractivity contribution in [1.29, 1.82) is 0 Å². The summed E-state index contributed by atoms with van der Waals surface area (Å²) in [4.78, 5) is 92.7. The fraction of sp³-hybridized carbons (Fsp3) is 0.215. The van der Waals surface area contributed by atoms with Gasteiger partial charge in [-0.15, -0.1) is 0 Å². The van der Waals surface area contributed by atoms with E-state index in [-0.39, 0.29) is 43.1 Å². The number of rotatable bonds is 10. The van der Waals surface area contributed by atoms with Gasteiger partial charge in [0, 0.05) is 89.1 Å². The van der Waals surface area contributed by atoms with Crippen molar-refractivity contribution in [3.63, 3.8) is 0 Å². The molecule has 14 rings (SSSR count). The molecule has 92 heavy (non-hydrogen) atoms. The Labute approximate surface area is 547 Å². The zero-order valence-corrected chi connectivity index (χ0v) is 54.3. The smallest absolute Gasteiger partial charge is 0.497 e. The molecule has 3 fully saturated rings. The van der Waals surface area contributed by atoms with Crippen LogP contribution in [0.3, 0.4) is 0 Å². The summed E-state index contributed by atoms with van der Waals surface area (Å²) in [6.07, 6.45) is 4.23. The van der Waals surface area contributed by atoms with Gasteiger partial charge in [-0.25, -0.2) is 19.1 Å². The van der Waals surface area contributed by atoms with Crippen molar-refractivity contribution < 1.29 is 64.0 Å². The molecular formula is C65H53Br3F3N9O11S. The minimum atomic E-state index is -5.93. The van der Waals surface area contributed by atoms with E-state index in [0.717, 1.165) is 79.8 Å². The number of benzene rings is 5. The maximum atomic E-state index is 13.6. The lowest BCUT2D eigenvalue weighted by molar-refractivity contribution is -0.156. The Hall–Kier alpha value is -8.89. The zero-order valence-electron chi connectivity index (χ0n) is 48.7. The highest BCUT2D eigenvalue weighted by atomic mass is 79.9. The van der Waals surface area contributed by atoms with Gasteiger partial charge in [-0.3, -0.25) is 43.9 Å². The molecule has 3 saturated heterocycles. The second-order valence-electron chi connectivity index (χ2n) is 21.4. The fourth-order valence-corrected chi connectivity index (χ4v) is 12.9. The van der Waals surface area contributed by atoms with E-state index >= 15 is 0 Å². The number of alkyl halides is 3. The van der Waals surface area contributed by atoms with E-state index in [2.05, 4.69) is 95.4 Å². The van der Waals surface area contributed by atoms with Gasteiger partial charge in [0.25, 0.3) is 11.8 Å². The van der Waals surface area contributed by atoms with Crippen LogP contribution in [0, 0.1) is 0 Å². The first-order valence-corrected chi connectivity index (χ1v) is 32.3. The number of hydrogen-bond acceptors (Lipinski definition) is 14. The van der Waals surface area contributed by atoms with Crippen LogP contribution in [0.25, 0.3) is 65.8 Å². The lowest BCUT2D eigenvalue weighted by Gasteiger charge is -2.32. The standard InChI is InChI=1S/C24H20BrN3O3.C16H12BrN3O2.C14H14F3NO6S.C11H7BrN2/c1-31-17-7-4-15(5-8-17)14-27-22(29)11-10-20(24(27)30)28-21-13-16(25)6-9-18(21)19-3-2-12-26-23(19)28;17-9-3-4-10-11-2-1-7-18-15(11)20(13(10)8-9)12-5-6-14(21)19-16(12)22;1-23-10-4-2-9(3-5-10)8-18-12(19)7-6-11(13(18)20)24-25(21,22)14(15,16)17;12-7-3-4-8-9-2-1-5-13-11(9)14-10(8)6-7/h2-9,12-13,20H,10-11,14H2,1H3;1-4,7-8,12H,5-6H2,(H,19,21,22);2-5,11H,6-8H2,1H3;1-6H,(H,13,14). The van der Waals surface area contributed by atoms with Crippen LogP contribution < -0.4 is 14.8 Å². The molecule has 0 saturated carbocycles. The number of methoxy groups -OCH3 is 2. The molecule has 6 aromatic heterocycles. The van der Waals surface area contributed by atoms with Crippen LogP contribution in [0.5, 0.6) is 11.5 Å². The Kier molecular flexibility index (Phi) is 19.1. The zero-order chi connectivity index (χ0) is 65.2. The average Bonchev–Trinajstić information content (AvgIpc) is 1.59. The predicted molar refractivity (Wildman–Crippen MR) is 347 cm³/mol. The van der Waals surface area contributed by atoms with Gasteiger partial charge in [0.15, 0.2) is 6.10 Å². The number of halogens is 6. The topological polar surface area (TPSA) is 247 Å². The number of fused-ring (bicyclic) bond motifs is 9. The van der Waals surface area contributed by atoms with E-state index in [1.807, 2.05) is 106 Å². The van der Waals surface area contributed by atoms with Crippen molar-refractivity contribution in [3.05, 3.63) is 183 Å². The van der Waals surface area contributed by atoms with Crippen LogP contribution in [-0.2, 0) is 56.2 Å². The summed E-state index contributed by atoms with van der Waals surface area (Å²) in [5.41, 5.74) is 1.22. The van der Waals surface area contributed by atoms with Gasteiger partial charge >= 0.3 is 15.6 Å². The summed E-state index contributed by atoms with van der Waals surface area (Å²) in [7, 11) is -2.87. The lowest BCUT2D eigenvalue weighted by Crippen LogP contribution is -2.49. The number of amides is 6. The van der Waals surface area contributed by atoms with E-state index in [1.54, 1.807) is 50.0 Å². The van der Waals surface area contributed by atoms with Crippen molar-refractivity contribution in [2.45, 2.75) is 75.3 Å². The second-order valence-corrected chi connectivity index (χ2v) is 25.7. The molecule has 11 aromatic rings. The minimum Gasteiger partial charge on any atom is -0.497 e. The number of nitrogens with one attached hydrogen (secondary N) is 2. The van der Waals surface area contributed by atoms with E-state index < -0.39 is 52.0 Å². The predicted octanol–water partition coefficient (Wildman–Crippen LogP) is 12.8. The number of ether oxygens (including phenoxy) is 2. The highest BCUT2D eigenvalue weighted by Gasteiger charge is 2.51. The monoisotopic (exact) mass is 1460 g/mol. The summed E-state index contributed by atoms with van der Waals surface area (Å²) >= 11 is 10.5. The first kappa shape index (κ1) is 64.6. The van der Waals surface area contributed by atoms with E-state index in [9.17, 15) is 50.4 Å². The quantitative estimate of drug-likeness (QED) is 0.0734. The van der Waals surface area contributed by atoms with Crippen molar-refractivity contribution in [3.8, 4) is 11.5 Å². The highest BCUT2D eigenvalue weighted by molar-refractivity contribution is 9.11. The number of H-pyrrole nitrogens is 1. The third-order valence-corrected chi connectivity index (χ3v) is 18.2. The SMILES string of the molecule is Brc1ccc2c(c1)[nH]c1ncccc12.COc1ccc(CN2C(=O)CCC(OS(=O)(=O)C(F)(F)F)C2=O)cc1.COc1ccc(CN2C(=O)CCC(n3c4cc(Br)ccc4c4cccnc43)C2=O)cc1.O=C1CCC(n2c3cc(Br)ccc3c3cccnc32)C(=O)N1. The van der Waals surface area contributed by atoms with Crippen molar-refractivity contribution >= 4 is 159 Å². The number of pyridine rings is 3. The number of carbonyl (C=O) groups excluding carboxylic acids is 6. The Morgan fingerprint density at radius 3 is 1.53 bits per heavy atom. The Morgan fingerprint density at radius 2 is 1.01 bits per heavy atom. The van der Waals surface area contributed by atoms with Crippen LogP contribution in [0.2, 0.25) is 0 Å². The molecule has 0 bridgehead atoms. The average molecular weight is 1460 g/mol. The largest absolute Gasteiger partial charge is 0.523 e. The van der Waals surface area contributed by atoms with E-state index in [4.69, 9.17) is 9.47 Å².